The number of aromatic nitrogens is 1. The highest BCUT2D eigenvalue weighted by Crippen LogP contribution is 2.33. The lowest BCUT2D eigenvalue weighted by atomic mass is 10.2. The van der Waals surface area contributed by atoms with Crippen molar-refractivity contribution in [2.75, 3.05) is 36.5 Å². The summed E-state index contributed by atoms with van der Waals surface area (Å²) in [7, 11) is 1.80. The Balaban J connectivity index is 1.72. The summed E-state index contributed by atoms with van der Waals surface area (Å²) in [6, 6.07) is 8.22. The van der Waals surface area contributed by atoms with E-state index in [9.17, 15) is 4.79 Å². The number of hydrogen-bond acceptors (Lipinski definition) is 6. The van der Waals surface area contributed by atoms with E-state index in [1.807, 2.05) is 24.3 Å². The zero-order chi connectivity index (χ0) is 16.4. The molecule has 0 spiro atoms. The van der Waals surface area contributed by atoms with Crippen molar-refractivity contribution in [3.8, 4) is 5.75 Å². The molecule has 1 aromatic heterocycles. The zero-order valence-corrected chi connectivity index (χ0v) is 13.1. The van der Waals surface area contributed by atoms with E-state index < -0.39 is 5.97 Å². The van der Waals surface area contributed by atoms with E-state index in [4.69, 9.17) is 14.3 Å². The average molecular weight is 317 g/mol. The zero-order valence-electron chi connectivity index (χ0n) is 13.1. The van der Waals surface area contributed by atoms with E-state index in [0.29, 0.717) is 6.54 Å². The van der Waals surface area contributed by atoms with Gasteiger partial charge in [-0.05, 0) is 19.1 Å². The molecule has 7 nitrogen and oxygen atoms in total. The van der Waals surface area contributed by atoms with Crippen molar-refractivity contribution in [2.24, 2.45) is 0 Å². The van der Waals surface area contributed by atoms with Crippen molar-refractivity contribution >= 4 is 17.7 Å². The van der Waals surface area contributed by atoms with Crippen LogP contribution in [-0.4, -0.2) is 48.8 Å². The molecule has 23 heavy (non-hydrogen) atoms. The van der Waals surface area contributed by atoms with Crippen LogP contribution >= 0.6 is 0 Å². The highest BCUT2D eigenvalue weighted by Gasteiger charge is 2.26. The lowest BCUT2D eigenvalue weighted by molar-refractivity contribution is 0.0690. The minimum atomic E-state index is -1.10. The van der Waals surface area contributed by atoms with Crippen molar-refractivity contribution in [1.82, 2.24) is 4.98 Å². The number of aromatic carboxylic acids is 1. The van der Waals surface area contributed by atoms with Crippen LogP contribution in [0.2, 0.25) is 0 Å². The highest BCUT2D eigenvalue weighted by atomic mass is 16.5. The summed E-state index contributed by atoms with van der Waals surface area (Å²) in [5.41, 5.74) is 0.995. The van der Waals surface area contributed by atoms with Crippen molar-refractivity contribution in [2.45, 2.75) is 13.0 Å². The first-order valence-corrected chi connectivity index (χ1v) is 7.49. The summed E-state index contributed by atoms with van der Waals surface area (Å²) in [5.74, 6) is -0.244. The smallest absolute Gasteiger partial charge is 0.357 e. The molecule has 1 aliphatic rings. The predicted molar refractivity (Wildman–Crippen MR) is 85.5 cm³/mol. The standard InChI is InChI=1S/C16H19N3O4/c1-3-19-9-11(23-14-7-5-4-6-13(14)19)8-18(2)16-17-12(10-22-16)15(20)21/h4-7,10-11H,3,8-9H2,1-2H3,(H,20,21). The first-order valence-electron chi connectivity index (χ1n) is 7.49. The Morgan fingerprint density at radius 2 is 2.26 bits per heavy atom. The molecule has 0 amide bonds. The number of carbonyl (C=O) groups is 1. The highest BCUT2D eigenvalue weighted by molar-refractivity contribution is 5.85. The minimum Gasteiger partial charge on any atom is -0.485 e. The molecule has 1 N–H and O–H groups in total. The molecule has 2 aromatic rings. The topological polar surface area (TPSA) is 79.0 Å². The Morgan fingerprint density at radius 3 is 2.96 bits per heavy atom. The van der Waals surface area contributed by atoms with Gasteiger partial charge < -0.3 is 24.1 Å². The molecule has 7 heteroatoms. The van der Waals surface area contributed by atoms with Gasteiger partial charge in [0.2, 0.25) is 0 Å². The summed E-state index contributed by atoms with van der Waals surface area (Å²) in [6.45, 7) is 4.30. The second-order valence-corrected chi connectivity index (χ2v) is 5.45. The Bertz CT molecular complexity index is 700. The second kappa shape index (κ2) is 6.20. The fraction of sp³-hybridized carbons (Fsp3) is 0.375. The quantitative estimate of drug-likeness (QED) is 0.904. The van der Waals surface area contributed by atoms with Crippen LogP contribution in [0.4, 0.5) is 11.7 Å². The molecular weight excluding hydrogens is 298 g/mol. The monoisotopic (exact) mass is 317 g/mol. The van der Waals surface area contributed by atoms with Crippen LogP contribution in [0.25, 0.3) is 0 Å². The number of oxazole rings is 1. The summed E-state index contributed by atoms with van der Waals surface area (Å²) in [5, 5.41) is 8.90. The van der Waals surface area contributed by atoms with E-state index in [-0.39, 0.29) is 17.8 Å². The number of carboxylic acid groups (broad SMARTS) is 1. The molecule has 3 rings (SSSR count). The van der Waals surface area contributed by atoms with Crippen LogP contribution in [0.3, 0.4) is 0 Å². The summed E-state index contributed by atoms with van der Waals surface area (Å²) in [6.07, 6.45) is 1.08. The third kappa shape index (κ3) is 3.08. The van der Waals surface area contributed by atoms with Crippen LogP contribution in [0, 0.1) is 0 Å². The number of nitrogens with zero attached hydrogens (tertiary/aromatic N) is 3. The van der Waals surface area contributed by atoms with Crippen LogP contribution in [-0.2, 0) is 0 Å². The molecule has 0 fully saturated rings. The lowest BCUT2D eigenvalue weighted by Gasteiger charge is -2.36. The van der Waals surface area contributed by atoms with Gasteiger partial charge >= 0.3 is 5.97 Å². The van der Waals surface area contributed by atoms with E-state index in [1.54, 1.807) is 11.9 Å². The molecule has 1 unspecified atom stereocenters. The van der Waals surface area contributed by atoms with E-state index >= 15 is 0 Å². The van der Waals surface area contributed by atoms with Gasteiger partial charge in [-0.15, -0.1) is 0 Å². The number of fused-ring (bicyclic) bond motifs is 1. The molecule has 0 aliphatic carbocycles. The van der Waals surface area contributed by atoms with Crippen LogP contribution in [0.15, 0.2) is 34.9 Å². The molecule has 1 aliphatic heterocycles. The van der Waals surface area contributed by atoms with Gasteiger partial charge in [-0.3, -0.25) is 0 Å². The molecule has 0 bridgehead atoms. The third-order valence-corrected chi connectivity index (χ3v) is 3.82. The fourth-order valence-corrected chi connectivity index (χ4v) is 2.69. The predicted octanol–water partition coefficient (Wildman–Crippen LogP) is 2.10. The van der Waals surface area contributed by atoms with E-state index in [2.05, 4.69) is 16.8 Å². The number of likely N-dealkylation sites (N-methyl/N-ethyl adjacent to an activating group) is 2. The number of hydrogen-bond donors (Lipinski definition) is 1. The third-order valence-electron chi connectivity index (χ3n) is 3.82. The molecule has 0 radical (unpaired) electrons. The van der Waals surface area contributed by atoms with Gasteiger partial charge in [0.25, 0.3) is 6.01 Å². The van der Waals surface area contributed by atoms with Crippen molar-refractivity contribution in [3.63, 3.8) is 0 Å². The molecule has 2 heterocycles. The van der Waals surface area contributed by atoms with Gasteiger partial charge in [0.05, 0.1) is 18.8 Å². The maximum Gasteiger partial charge on any atom is 0.357 e. The molecule has 1 aromatic carbocycles. The SMILES string of the molecule is CCN1CC(CN(C)c2nc(C(=O)O)co2)Oc2ccccc21. The fourth-order valence-electron chi connectivity index (χ4n) is 2.69. The minimum absolute atomic E-state index is 0.0602. The lowest BCUT2D eigenvalue weighted by Crippen LogP contribution is -2.45. The van der Waals surface area contributed by atoms with E-state index in [1.165, 1.54) is 0 Å². The largest absolute Gasteiger partial charge is 0.485 e. The summed E-state index contributed by atoms with van der Waals surface area (Å²) in [4.78, 5) is 18.8. The molecule has 0 saturated heterocycles. The number of anilines is 2. The first kappa shape index (κ1) is 15.2. The van der Waals surface area contributed by atoms with Crippen molar-refractivity contribution < 1.29 is 19.1 Å². The summed E-state index contributed by atoms with van der Waals surface area (Å²) >= 11 is 0. The molecular formula is C16H19N3O4. The van der Waals surface area contributed by atoms with Crippen LogP contribution < -0.4 is 14.5 Å². The van der Waals surface area contributed by atoms with E-state index in [0.717, 1.165) is 30.8 Å². The number of benzene rings is 1. The molecule has 122 valence electrons. The van der Waals surface area contributed by atoms with Crippen molar-refractivity contribution in [1.29, 1.82) is 0 Å². The summed E-state index contributed by atoms with van der Waals surface area (Å²) < 4.78 is 11.3. The molecule has 0 saturated carbocycles. The second-order valence-electron chi connectivity index (χ2n) is 5.45. The number of carboxylic acids is 1. The number of ether oxygens (including phenoxy) is 1. The van der Waals surface area contributed by atoms with Gasteiger partial charge in [-0.2, -0.15) is 4.98 Å². The number of para-hydroxylation sites is 2. The average Bonchev–Trinajstić information content (AvgIpc) is 3.04. The maximum atomic E-state index is 10.9. The number of rotatable bonds is 5. The maximum absolute atomic E-state index is 10.9. The van der Waals surface area contributed by atoms with Crippen LogP contribution in [0.5, 0.6) is 5.75 Å². The van der Waals surface area contributed by atoms with Gasteiger partial charge in [-0.25, -0.2) is 4.79 Å². The van der Waals surface area contributed by atoms with Gasteiger partial charge in [0, 0.05) is 13.6 Å². The van der Waals surface area contributed by atoms with Crippen molar-refractivity contribution in [3.05, 3.63) is 36.2 Å². The Morgan fingerprint density at radius 1 is 1.48 bits per heavy atom. The Hall–Kier alpha value is -2.70. The first-order chi connectivity index (χ1) is 11.1. The van der Waals surface area contributed by atoms with Crippen LogP contribution in [0.1, 0.15) is 17.4 Å². The van der Waals surface area contributed by atoms with Gasteiger partial charge in [0.15, 0.2) is 5.69 Å². The Kier molecular flexibility index (Phi) is 4.10. The van der Waals surface area contributed by atoms with Gasteiger partial charge in [-0.1, -0.05) is 12.1 Å². The molecule has 1 atom stereocenters. The normalized spacial score (nSPS) is 16.6. The van der Waals surface area contributed by atoms with Gasteiger partial charge in [0.1, 0.15) is 18.1 Å². The Labute approximate surface area is 134 Å².